The SMILES string of the molecule is O=C(O)C=C1CCC(c2ccccc2O)CC1. The number of benzene rings is 1. The fourth-order valence-electron chi connectivity index (χ4n) is 2.45. The highest BCUT2D eigenvalue weighted by Gasteiger charge is 2.20. The Kier molecular flexibility index (Phi) is 3.47. The standard InChI is InChI=1S/C14H16O3/c15-13-4-2-1-3-12(13)11-7-5-10(6-8-11)9-14(16)17/h1-4,9,11,15H,5-8H2,(H,16,17). The largest absolute Gasteiger partial charge is 0.508 e. The minimum Gasteiger partial charge on any atom is -0.508 e. The van der Waals surface area contributed by atoms with Gasteiger partial charge in [-0.25, -0.2) is 4.79 Å². The number of para-hydroxylation sites is 1. The van der Waals surface area contributed by atoms with Crippen LogP contribution >= 0.6 is 0 Å². The number of rotatable bonds is 2. The number of allylic oxidation sites excluding steroid dienone is 1. The molecule has 0 atom stereocenters. The predicted octanol–water partition coefficient (Wildman–Crippen LogP) is 3.06. The molecule has 0 unspecified atom stereocenters. The van der Waals surface area contributed by atoms with Gasteiger partial charge in [-0.15, -0.1) is 0 Å². The Hall–Kier alpha value is -1.77. The van der Waals surface area contributed by atoms with E-state index >= 15 is 0 Å². The second-order valence-corrected chi connectivity index (χ2v) is 4.47. The summed E-state index contributed by atoms with van der Waals surface area (Å²) >= 11 is 0. The Morgan fingerprint density at radius 2 is 1.88 bits per heavy atom. The monoisotopic (exact) mass is 232 g/mol. The summed E-state index contributed by atoms with van der Waals surface area (Å²) in [6.45, 7) is 0. The van der Waals surface area contributed by atoms with Gasteiger partial charge in [0.2, 0.25) is 0 Å². The zero-order valence-corrected chi connectivity index (χ0v) is 9.60. The van der Waals surface area contributed by atoms with E-state index in [0.29, 0.717) is 11.7 Å². The fourth-order valence-corrected chi connectivity index (χ4v) is 2.45. The Balaban J connectivity index is 2.05. The molecule has 17 heavy (non-hydrogen) atoms. The Morgan fingerprint density at radius 1 is 1.24 bits per heavy atom. The summed E-state index contributed by atoms with van der Waals surface area (Å²) in [4.78, 5) is 10.6. The number of carboxylic acids is 1. The van der Waals surface area contributed by atoms with E-state index in [2.05, 4.69) is 0 Å². The van der Waals surface area contributed by atoms with Crippen molar-refractivity contribution in [2.45, 2.75) is 31.6 Å². The topological polar surface area (TPSA) is 57.5 Å². The molecule has 1 aliphatic carbocycles. The molecule has 0 aromatic heterocycles. The van der Waals surface area contributed by atoms with E-state index < -0.39 is 5.97 Å². The van der Waals surface area contributed by atoms with Crippen molar-refractivity contribution < 1.29 is 15.0 Å². The van der Waals surface area contributed by atoms with Gasteiger partial charge >= 0.3 is 5.97 Å². The van der Waals surface area contributed by atoms with Gasteiger partial charge in [0.1, 0.15) is 5.75 Å². The van der Waals surface area contributed by atoms with Crippen LogP contribution in [-0.4, -0.2) is 16.2 Å². The highest BCUT2D eigenvalue weighted by atomic mass is 16.4. The molecule has 2 rings (SSSR count). The fraction of sp³-hybridized carbons (Fsp3) is 0.357. The summed E-state index contributed by atoms with van der Waals surface area (Å²) in [6.07, 6.45) is 4.77. The van der Waals surface area contributed by atoms with Crippen molar-refractivity contribution >= 4 is 5.97 Å². The number of aliphatic carboxylic acids is 1. The minimum absolute atomic E-state index is 0.349. The number of carbonyl (C=O) groups is 1. The Bertz CT molecular complexity index is 439. The van der Waals surface area contributed by atoms with Crippen LogP contribution in [0, 0.1) is 0 Å². The number of aromatic hydroxyl groups is 1. The lowest BCUT2D eigenvalue weighted by atomic mass is 9.81. The number of hydrogen-bond acceptors (Lipinski definition) is 2. The van der Waals surface area contributed by atoms with E-state index in [9.17, 15) is 9.90 Å². The zero-order valence-electron chi connectivity index (χ0n) is 9.60. The average molecular weight is 232 g/mol. The zero-order chi connectivity index (χ0) is 12.3. The highest BCUT2D eigenvalue weighted by Crippen LogP contribution is 2.38. The third-order valence-corrected chi connectivity index (χ3v) is 3.33. The van der Waals surface area contributed by atoms with Crippen molar-refractivity contribution in [2.24, 2.45) is 0 Å². The molecule has 0 heterocycles. The second-order valence-electron chi connectivity index (χ2n) is 4.47. The third kappa shape index (κ3) is 2.87. The summed E-state index contributed by atoms with van der Waals surface area (Å²) in [5.41, 5.74) is 1.99. The summed E-state index contributed by atoms with van der Waals surface area (Å²) in [5.74, 6) is -0.161. The summed E-state index contributed by atoms with van der Waals surface area (Å²) in [7, 11) is 0. The van der Waals surface area contributed by atoms with Gasteiger partial charge in [0.05, 0.1) is 0 Å². The molecular weight excluding hydrogens is 216 g/mol. The normalized spacial score (nSPS) is 20.0. The molecule has 1 aromatic carbocycles. The maximum Gasteiger partial charge on any atom is 0.328 e. The molecule has 3 heteroatoms. The number of hydrogen-bond donors (Lipinski definition) is 2. The van der Waals surface area contributed by atoms with Gasteiger partial charge in [-0.2, -0.15) is 0 Å². The van der Waals surface area contributed by atoms with Crippen molar-refractivity contribution in [3.05, 3.63) is 41.5 Å². The molecule has 3 nitrogen and oxygen atoms in total. The molecule has 1 aromatic rings. The molecule has 0 radical (unpaired) electrons. The molecule has 0 aliphatic heterocycles. The van der Waals surface area contributed by atoms with Crippen LogP contribution in [0.25, 0.3) is 0 Å². The van der Waals surface area contributed by atoms with E-state index in [-0.39, 0.29) is 0 Å². The smallest absolute Gasteiger partial charge is 0.328 e. The van der Waals surface area contributed by atoms with Crippen molar-refractivity contribution in [2.75, 3.05) is 0 Å². The van der Waals surface area contributed by atoms with Crippen molar-refractivity contribution in [3.8, 4) is 5.75 Å². The van der Waals surface area contributed by atoms with Gasteiger partial charge in [-0.05, 0) is 43.2 Å². The van der Waals surface area contributed by atoms with E-state index in [1.807, 2.05) is 18.2 Å². The van der Waals surface area contributed by atoms with Gasteiger partial charge in [-0.1, -0.05) is 23.8 Å². The van der Waals surface area contributed by atoms with Crippen molar-refractivity contribution in [1.29, 1.82) is 0 Å². The van der Waals surface area contributed by atoms with Crippen LogP contribution in [0.1, 0.15) is 37.2 Å². The van der Waals surface area contributed by atoms with Crippen LogP contribution in [0.2, 0.25) is 0 Å². The molecule has 0 bridgehead atoms. The molecule has 2 N–H and O–H groups in total. The first-order chi connectivity index (χ1) is 8.16. The van der Waals surface area contributed by atoms with Gasteiger partial charge < -0.3 is 10.2 Å². The molecule has 0 saturated heterocycles. The lowest BCUT2D eigenvalue weighted by Crippen LogP contribution is -2.08. The predicted molar refractivity (Wildman–Crippen MR) is 65.0 cm³/mol. The first-order valence-electron chi connectivity index (χ1n) is 5.87. The Labute approximate surface area is 100 Å². The number of phenolic OH excluding ortho intramolecular Hbond substituents is 1. The maximum atomic E-state index is 10.6. The number of phenols is 1. The van der Waals surface area contributed by atoms with Gasteiger partial charge in [0.15, 0.2) is 0 Å². The number of carboxylic acid groups (broad SMARTS) is 1. The third-order valence-electron chi connectivity index (χ3n) is 3.33. The van der Waals surface area contributed by atoms with Gasteiger partial charge in [0.25, 0.3) is 0 Å². The van der Waals surface area contributed by atoms with Crippen LogP contribution < -0.4 is 0 Å². The summed E-state index contributed by atoms with van der Waals surface area (Å²) in [6, 6.07) is 7.40. The Morgan fingerprint density at radius 3 is 2.47 bits per heavy atom. The summed E-state index contributed by atoms with van der Waals surface area (Å²) in [5, 5.41) is 18.4. The van der Waals surface area contributed by atoms with Crippen LogP contribution in [0.5, 0.6) is 5.75 Å². The van der Waals surface area contributed by atoms with E-state index in [0.717, 1.165) is 36.8 Å². The van der Waals surface area contributed by atoms with E-state index in [1.165, 1.54) is 6.08 Å². The maximum absolute atomic E-state index is 10.6. The first-order valence-corrected chi connectivity index (χ1v) is 5.87. The van der Waals surface area contributed by atoms with Gasteiger partial charge in [-0.3, -0.25) is 0 Å². The lowest BCUT2D eigenvalue weighted by molar-refractivity contribution is -0.131. The van der Waals surface area contributed by atoms with Crippen LogP contribution in [0.3, 0.4) is 0 Å². The molecule has 1 saturated carbocycles. The highest BCUT2D eigenvalue weighted by molar-refractivity contribution is 5.80. The minimum atomic E-state index is -0.860. The van der Waals surface area contributed by atoms with Gasteiger partial charge in [0, 0.05) is 6.08 Å². The quantitative estimate of drug-likeness (QED) is 0.770. The molecule has 1 fully saturated rings. The van der Waals surface area contributed by atoms with E-state index in [4.69, 9.17) is 5.11 Å². The molecule has 0 spiro atoms. The second kappa shape index (κ2) is 5.04. The molecule has 90 valence electrons. The van der Waals surface area contributed by atoms with E-state index in [1.54, 1.807) is 6.07 Å². The first kappa shape index (κ1) is 11.7. The van der Waals surface area contributed by atoms with Crippen LogP contribution in [0.15, 0.2) is 35.9 Å². The van der Waals surface area contributed by atoms with Crippen molar-refractivity contribution in [3.63, 3.8) is 0 Å². The average Bonchev–Trinajstić information content (AvgIpc) is 2.30. The van der Waals surface area contributed by atoms with Crippen molar-refractivity contribution in [1.82, 2.24) is 0 Å². The van der Waals surface area contributed by atoms with Crippen LogP contribution in [-0.2, 0) is 4.79 Å². The molecule has 1 aliphatic rings. The molecule has 0 amide bonds. The molecular formula is C14H16O3. The lowest BCUT2D eigenvalue weighted by Gasteiger charge is -2.24. The van der Waals surface area contributed by atoms with Crippen LogP contribution in [0.4, 0.5) is 0 Å². The summed E-state index contributed by atoms with van der Waals surface area (Å²) < 4.78 is 0.